The van der Waals surface area contributed by atoms with Crippen molar-refractivity contribution in [3.05, 3.63) is 68.2 Å². The van der Waals surface area contributed by atoms with Crippen LogP contribution in [0.3, 0.4) is 0 Å². The molecule has 9 nitrogen and oxygen atoms in total. The number of carboxylic acids is 1. The fourth-order valence-electron chi connectivity index (χ4n) is 3.61. The number of benzene rings is 1. The molecule has 0 bridgehead atoms. The van der Waals surface area contributed by atoms with Gasteiger partial charge in [0, 0.05) is 18.2 Å². The summed E-state index contributed by atoms with van der Waals surface area (Å²) in [7, 11) is 1.73. The molecule has 0 saturated carbocycles. The average Bonchev–Trinajstić information content (AvgIpc) is 3.17. The lowest BCUT2D eigenvalue weighted by Gasteiger charge is -2.19. The normalized spacial score (nSPS) is 12.2. The summed E-state index contributed by atoms with van der Waals surface area (Å²) in [4.78, 5) is 28.7. The molecule has 0 saturated heterocycles. The highest BCUT2D eigenvalue weighted by atomic mass is 35.5. The molecule has 32 heavy (non-hydrogen) atoms. The smallest absolute Gasteiger partial charge is 0.356 e. The maximum Gasteiger partial charge on any atom is 0.356 e. The summed E-state index contributed by atoms with van der Waals surface area (Å²) < 4.78 is 7.73. The number of carboxylic acid groups (broad SMARTS) is 1. The summed E-state index contributed by atoms with van der Waals surface area (Å²) in [5.41, 5.74) is 2.78. The molecule has 0 spiro atoms. The maximum atomic E-state index is 13.2. The molecule has 0 unspecified atom stereocenters. The van der Waals surface area contributed by atoms with E-state index in [0.717, 1.165) is 5.56 Å². The van der Waals surface area contributed by atoms with Crippen LogP contribution in [0.25, 0.3) is 22.4 Å². The van der Waals surface area contributed by atoms with Gasteiger partial charge >= 0.3 is 5.97 Å². The zero-order valence-electron chi connectivity index (χ0n) is 17.8. The quantitative estimate of drug-likeness (QED) is 0.432. The molecular formula is C22H20ClN5O4. The van der Waals surface area contributed by atoms with Gasteiger partial charge in [-0.1, -0.05) is 22.9 Å². The zero-order chi connectivity index (χ0) is 23.2. The van der Waals surface area contributed by atoms with E-state index in [0.29, 0.717) is 39.2 Å². The molecular weight excluding hydrogens is 434 g/mol. The third-order valence-electron chi connectivity index (χ3n) is 5.13. The topological polar surface area (TPSA) is 123 Å². The second-order valence-electron chi connectivity index (χ2n) is 7.59. The number of nitrogens with one attached hydrogen (secondary N) is 1. The van der Waals surface area contributed by atoms with Crippen LogP contribution < -0.4 is 10.7 Å². The predicted molar refractivity (Wildman–Crippen MR) is 120 cm³/mol. The Morgan fingerprint density at radius 2 is 2.03 bits per heavy atom. The van der Waals surface area contributed by atoms with Crippen LogP contribution in [0.1, 0.15) is 40.1 Å². The van der Waals surface area contributed by atoms with Crippen LogP contribution in [-0.2, 0) is 7.05 Å². The molecule has 4 rings (SSSR count). The Morgan fingerprint density at radius 3 is 2.69 bits per heavy atom. The predicted octanol–water partition coefficient (Wildman–Crippen LogP) is 4.13. The SMILES string of the molecule is Cc1cc([C@@H](C)Nc2ccc(Cl)nc2C(=O)O)c2oc(-c3cn(C)nn3)c(C)c(=O)c2c1. The van der Waals surface area contributed by atoms with Crippen LogP contribution in [0.4, 0.5) is 5.69 Å². The van der Waals surface area contributed by atoms with Gasteiger partial charge in [-0.25, -0.2) is 9.78 Å². The number of nitrogens with zero attached hydrogens (tertiary/aromatic N) is 4. The van der Waals surface area contributed by atoms with Crippen molar-refractivity contribution in [2.75, 3.05) is 5.32 Å². The summed E-state index contributed by atoms with van der Waals surface area (Å²) in [6.45, 7) is 5.42. The first-order chi connectivity index (χ1) is 15.2. The van der Waals surface area contributed by atoms with Crippen LogP contribution >= 0.6 is 11.6 Å². The Balaban J connectivity index is 1.88. The molecule has 0 aliphatic rings. The van der Waals surface area contributed by atoms with Crippen molar-refractivity contribution in [3.8, 4) is 11.5 Å². The first-order valence-electron chi connectivity index (χ1n) is 9.76. The maximum absolute atomic E-state index is 13.2. The van der Waals surface area contributed by atoms with E-state index in [2.05, 4.69) is 20.6 Å². The average molecular weight is 454 g/mol. The van der Waals surface area contributed by atoms with Crippen molar-refractivity contribution in [1.29, 1.82) is 0 Å². The number of anilines is 1. The molecule has 10 heteroatoms. The highest BCUT2D eigenvalue weighted by molar-refractivity contribution is 6.29. The van der Waals surface area contributed by atoms with E-state index in [1.165, 1.54) is 10.7 Å². The largest absolute Gasteiger partial charge is 0.476 e. The minimum atomic E-state index is -1.21. The standard InChI is InChI=1S/C22H20ClN5O4/c1-10-7-13(12(3)24-15-5-6-17(23)25-18(15)22(30)31)21-14(8-10)19(29)11(2)20(32-21)16-9-28(4)27-26-16/h5-9,12,24H,1-4H3,(H,30,31)/t12-/m1/s1. The van der Waals surface area contributed by atoms with Gasteiger partial charge in [0.15, 0.2) is 16.9 Å². The first-order valence-corrected chi connectivity index (χ1v) is 10.1. The lowest BCUT2D eigenvalue weighted by Crippen LogP contribution is -2.14. The highest BCUT2D eigenvalue weighted by Gasteiger charge is 2.21. The minimum Gasteiger partial charge on any atom is -0.476 e. The number of rotatable bonds is 5. The van der Waals surface area contributed by atoms with E-state index in [9.17, 15) is 14.7 Å². The second-order valence-corrected chi connectivity index (χ2v) is 7.98. The number of aryl methyl sites for hydroxylation is 2. The van der Waals surface area contributed by atoms with E-state index in [1.807, 2.05) is 19.9 Å². The Hall–Kier alpha value is -3.72. The summed E-state index contributed by atoms with van der Waals surface area (Å²) >= 11 is 5.86. The molecule has 0 radical (unpaired) electrons. The van der Waals surface area contributed by atoms with E-state index < -0.39 is 12.0 Å². The van der Waals surface area contributed by atoms with Crippen LogP contribution in [0.5, 0.6) is 0 Å². The summed E-state index contributed by atoms with van der Waals surface area (Å²) in [6, 6.07) is 6.31. The molecule has 0 aliphatic carbocycles. The lowest BCUT2D eigenvalue weighted by molar-refractivity contribution is 0.0691. The molecule has 1 aromatic carbocycles. The minimum absolute atomic E-state index is 0.0803. The van der Waals surface area contributed by atoms with Crippen molar-refractivity contribution in [2.24, 2.45) is 7.05 Å². The van der Waals surface area contributed by atoms with Crippen molar-refractivity contribution in [2.45, 2.75) is 26.8 Å². The van der Waals surface area contributed by atoms with Gasteiger partial charge in [-0.15, -0.1) is 5.10 Å². The Labute approximate surface area is 187 Å². The summed E-state index contributed by atoms with van der Waals surface area (Å²) in [5, 5.41) is 21.2. The Morgan fingerprint density at radius 1 is 1.28 bits per heavy atom. The number of hydrogen-bond acceptors (Lipinski definition) is 7. The van der Waals surface area contributed by atoms with Crippen LogP contribution in [0.2, 0.25) is 5.15 Å². The summed E-state index contributed by atoms with van der Waals surface area (Å²) in [6.07, 6.45) is 1.67. The monoisotopic (exact) mass is 453 g/mol. The second kappa shape index (κ2) is 8.08. The van der Waals surface area contributed by atoms with Crippen molar-refractivity contribution in [1.82, 2.24) is 20.0 Å². The third-order valence-corrected chi connectivity index (χ3v) is 5.34. The highest BCUT2D eigenvalue weighted by Crippen LogP contribution is 2.32. The Kier molecular flexibility index (Phi) is 5.43. The molecule has 4 aromatic rings. The first kappa shape index (κ1) is 21.5. The van der Waals surface area contributed by atoms with Crippen LogP contribution in [0, 0.1) is 13.8 Å². The lowest BCUT2D eigenvalue weighted by atomic mass is 9.99. The van der Waals surface area contributed by atoms with Gasteiger partial charge in [0.25, 0.3) is 0 Å². The molecule has 0 aliphatic heterocycles. The van der Waals surface area contributed by atoms with Crippen molar-refractivity contribution >= 4 is 34.2 Å². The van der Waals surface area contributed by atoms with Gasteiger partial charge < -0.3 is 14.8 Å². The molecule has 1 atom stereocenters. The number of hydrogen-bond donors (Lipinski definition) is 2. The van der Waals surface area contributed by atoms with Crippen LogP contribution in [-0.4, -0.2) is 31.1 Å². The van der Waals surface area contributed by atoms with Gasteiger partial charge in [-0.05, 0) is 44.5 Å². The summed E-state index contributed by atoms with van der Waals surface area (Å²) in [5.74, 6) is -0.865. The fraction of sp³-hybridized carbons (Fsp3) is 0.227. The third kappa shape index (κ3) is 3.82. The number of aromatic nitrogens is 4. The molecule has 0 fully saturated rings. The van der Waals surface area contributed by atoms with E-state index in [1.54, 1.807) is 32.3 Å². The van der Waals surface area contributed by atoms with Crippen LogP contribution in [0.15, 0.2) is 39.7 Å². The van der Waals surface area contributed by atoms with E-state index in [-0.39, 0.29) is 16.3 Å². The number of pyridine rings is 1. The van der Waals surface area contributed by atoms with Gasteiger partial charge in [0.05, 0.1) is 23.3 Å². The van der Waals surface area contributed by atoms with E-state index >= 15 is 0 Å². The zero-order valence-corrected chi connectivity index (χ0v) is 18.6. The van der Waals surface area contributed by atoms with Gasteiger partial charge in [0.1, 0.15) is 16.4 Å². The van der Waals surface area contributed by atoms with Gasteiger partial charge in [-0.2, -0.15) is 0 Å². The number of carbonyl (C=O) groups is 1. The number of fused-ring (bicyclic) bond motifs is 1. The van der Waals surface area contributed by atoms with Gasteiger partial charge in [-0.3, -0.25) is 9.48 Å². The van der Waals surface area contributed by atoms with E-state index in [4.69, 9.17) is 16.0 Å². The fourth-order valence-corrected chi connectivity index (χ4v) is 3.76. The molecule has 0 amide bonds. The van der Waals surface area contributed by atoms with Crippen molar-refractivity contribution in [3.63, 3.8) is 0 Å². The number of aromatic carboxylic acids is 1. The van der Waals surface area contributed by atoms with Gasteiger partial charge in [0.2, 0.25) is 0 Å². The molecule has 3 aromatic heterocycles. The Bertz CT molecular complexity index is 1430. The van der Waals surface area contributed by atoms with Crippen molar-refractivity contribution < 1.29 is 14.3 Å². The molecule has 3 heterocycles. The molecule has 164 valence electrons. The molecule has 2 N–H and O–H groups in total. The number of halogens is 1.